The van der Waals surface area contributed by atoms with Crippen molar-refractivity contribution in [1.82, 2.24) is 4.90 Å². The Hall–Kier alpha value is -3.40. The Bertz CT molecular complexity index is 929. The summed E-state index contributed by atoms with van der Waals surface area (Å²) in [4.78, 5) is 26.6. The lowest BCUT2D eigenvalue weighted by atomic mass is 10.0. The van der Waals surface area contributed by atoms with Crippen molar-refractivity contribution in [3.8, 4) is 11.1 Å². The van der Waals surface area contributed by atoms with E-state index in [0.717, 1.165) is 11.1 Å². The molecule has 0 heterocycles. The number of nitrogens with one attached hydrogen (secondary N) is 1. The number of rotatable bonds is 6. The second-order valence-corrected chi connectivity index (χ2v) is 6.45. The molecule has 0 aliphatic carbocycles. The molecule has 0 unspecified atom stereocenters. The molecule has 142 valence electrons. The van der Waals surface area contributed by atoms with Crippen molar-refractivity contribution in [2.75, 3.05) is 18.4 Å². The average molecular weight is 372 g/mol. The second-order valence-electron chi connectivity index (χ2n) is 6.45. The van der Waals surface area contributed by atoms with Crippen molar-refractivity contribution < 1.29 is 9.59 Å². The quantitative estimate of drug-likeness (QED) is 0.655. The molecular formula is C24H24N2O2. The highest BCUT2D eigenvalue weighted by Gasteiger charge is 2.12. The summed E-state index contributed by atoms with van der Waals surface area (Å²) in [5.41, 5.74) is 4.05. The van der Waals surface area contributed by atoms with Gasteiger partial charge in [0.05, 0.1) is 0 Å². The Balaban J connectivity index is 1.67. The highest BCUT2D eigenvalue weighted by molar-refractivity contribution is 6.04. The Morgan fingerprint density at radius 1 is 0.714 bits per heavy atom. The van der Waals surface area contributed by atoms with Gasteiger partial charge in [-0.1, -0.05) is 42.5 Å². The maximum Gasteiger partial charge on any atom is 0.255 e. The van der Waals surface area contributed by atoms with Gasteiger partial charge in [-0.05, 0) is 61.4 Å². The van der Waals surface area contributed by atoms with Crippen molar-refractivity contribution in [2.45, 2.75) is 13.8 Å². The highest BCUT2D eigenvalue weighted by atomic mass is 16.2. The molecule has 28 heavy (non-hydrogen) atoms. The summed E-state index contributed by atoms with van der Waals surface area (Å²) in [7, 11) is 0. The molecule has 0 fully saturated rings. The first kappa shape index (κ1) is 19.4. The van der Waals surface area contributed by atoms with Gasteiger partial charge < -0.3 is 10.2 Å². The molecule has 0 saturated carbocycles. The van der Waals surface area contributed by atoms with Crippen LogP contribution in [0.1, 0.15) is 34.6 Å². The van der Waals surface area contributed by atoms with Crippen LogP contribution >= 0.6 is 0 Å². The van der Waals surface area contributed by atoms with Crippen LogP contribution in [0.4, 0.5) is 5.69 Å². The van der Waals surface area contributed by atoms with E-state index in [1.54, 1.807) is 29.2 Å². The van der Waals surface area contributed by atoms with Crippen LogP contribution in [0, 0.1) is 0 Å². The number of hydrogen-bond donors (Lipinski definition) is 1. The summed E-state index contributed by atoms with van der Waals surface area (Å²) in [6.45, 7) is 5.26. The van der Waals surface area contributed by atoms with E-state index in [0.29, 0.717) is 29.9 Å². The van der Waals surface area contributed by atoms with Crippen LogP contribution in [-0.4, -0.2) is 29.8 Å². The third-order valence-electron chi connectivity index (χ3n) is 4.69. The maximum atomic E-state index is 12.5. The zero-order chi connectivity index (χ0) is 19.9. The van der Waals surface area contributed by atoms with E-state index in [4.69, 9.17) is 0 Å². The fourth-order valence-electron chi connectivity index (χ4n) is 3.04. The van der Waals surface area contributed by atoms with Gasteiger partial charge in [-0.3, -0.25) is 9.59 Å². The van der Waals surface area contributed by atoms with Crippen LogP contribution in [-0.2, 0) is 0 Å². The molecule has 0 aliphatic heterocycles. The van der Waals surface area contributed by atoms with Crippen molar-refractivity contribution in [3.63, 3.8) is 0 Å². The summed E-state index contributed by atoms with van der Waals surface area (Å²) in [5, 5.41) is 2.88. The number of hydrogen-bond acceptors (Lipinski definition) is 2. The fraction of sp³-hybridized carbons (Fsp3) is 0.167. The monoisotopic (exact) mass is 372 g/mol. The Morgan fingerprint density at radius 3 is 1.82 bits per heavy atom. The minimum Gasteiger partial charge on any atom is -0.339 e. The zero-order valence-electron chi connectivity index (χ0n) is 16.2. The Kier molecular flexibility index (Phi) is 6.22. The second kappa shape index (κ2) is 9.00. The molecule has 0 bridgehead atoms. The summed E-state index contributed by atoms with van der Waals surface area (Å²) < 4.78 is 0. The van der Waals surface area contributed by atoms with Crippen LogP contribution in [0.5, 0.6) is 0 Å². The van der Waals surface area contributed by atoms with Gasteiger partial charge in [0.25, 0.3) is 11.8 Å². The van der Waals surface area contributed by atoms with Crippen molar-refractivity contribution >= 4 is 17.5 Å². The first-order chi connectivity index (χ1) is 13.6. The van der Waals surface area contributed by atoms with E-state index < -0.39 is 0 Å². The van der Waals surface area contributed by atoms with Gasteiger partial charge >= 0.3 is 0 Å². The maximum absolute atomic E-state index is 12.5. The highest BCUT2D eigenvalue weighted by Crippen LogP contribution is 2.20. The largest absolute Gasteiger partial charge is 0.339 e. The number of benzene rings is 3. The predicted octanol–water partition coefficient (Wildman–Crippen LogP) is 5.09. The number of carbonyl (C=O) groups excluding carboxylic acids is 2. The molecule has 0 aliphatic rings. The Labute approximate surface area is 165 Å². The molecule has 0 radical (unpaired) electrons. The van der Waals surface area contributed by atoms with E-state index >= 15 is 0 Å². The molecule has 0 atom stereocenters. The van der Waals surface area contributed by atoms with E-state index in [1.165, 1.54) is 0 Å². The van der Waals surface area contributed by atoms with E-state index in [2.05, 4.69) is 5.32 Å². The van der Waals surface area contributed by atoms with Gasteiger partial charge in [0.15, 0.2) is 0 Å². The number of carbonyl (C=O) groups is 2. The van der Waals surface area contributed by atoms with Gasteiger partial charge in [-0.2, -0.15) is 0 Å². The predicted molar refractivity (Wildman–Crippen MR) is 114 cm³/mol. The van der Waals surface area contributed by atoms with Gasteiger partial charge in [-0.15, -0.1) is 0 Å². The molecular weight excluding hydrogens is 348 g/mol. The summed E-state index contributed by atoms with van der Waals surface area (Å²) in [5.74, 6) is -0.179. The first-order valence-electron chi connectivity index (χ1n) is 9.48. The molecule has 4 heteroatoms. The molecule has 3 rings (SSSR count). The SMILES string of the molecule is CCN(CC)C(=O)c1ccc(NC(=O)c2ccc(-c3ccccc3)cc2)cc1. The van der Waals surface area contributed by atoms with Crippen LogP contribution in [0.2, 0.25) is 0 Å². The normalized spacial score (nSPS) is 10.4. The molecule has 2 amide bonds. The van der Waals surface area contributed by atoms with Crippen molar-refractivity contribution in [2.24, 2.45) is 0 Å². The molecule has 3 aromatic carbocycles. The topological polar surface area (TPSA) is 49.4 Å². The summed E-state index contributed by atoms with van der Waals surface area (Å²) in [6.07, 6.45) is 0. The molecule has 1 N–H and O–H groups in total. The Morgan fingerprint density at radius 2 is 1.25 bits per heavy atom. The molecule has 3 aromatic rings. The number of amides is 2. The summed E-state index contributed by atoms with van der Waals surface area (Å²) >= 11 is 0. The van der Waals surface area contributed by atoms with E-state index in [1.807, 2.05) is 68.4 Å². The molecule has 0 aromatic heterocycles. The standard InChI is InChI=1S/C24H24N2O2/c1-3-26(4-2)24(28)21-14-16-22(17-15-21)25-23(27)20-12-10-19(11-13-20)18-8-6-5-7-9-18/h5-17H,3-4H2,1-2H3,(H,25,27). The third-order valence-corrected chi connectivity index (χ3v) is 4.69. The van der Waals surface area contributed by atoms with Crippen LogP contribution in [0.15, 0.2) is 78.9 Å². The molecule has 4 nitrogen and oxygen atoms in total. The van der Waals surface area contributed by atoms with Gasteiger partial charge in [0.1, 0.15) is 0 Å². The summed E-state index contributed by atoms with van der Waals surface area (Å²) in [6, 6.07) is 24.6. The third kappa shape index (κ3) is 4.46. The van der Waals surface area contributed by atoms with Crippen LogP contribution in [0.3, 0.4) is 0 Å². The smallest absolute Gasteiger partial charge is 0.255 e. The van der Waals surface area contributed by atoms with Gasteiger partial charge in [-0.25, -0.2) is 0 Å². The lowest BCUT2D eigenvalue weighted by Crippen LogP contribution is -2.30. The minimum absolute atomic E-state index is 0.000577. The lowest BCUT2D eigenvalue weighted by Gasteiger charge is -2.18. The lowest BCUT2D eigenvalue weighted by molar-refractivity contribution is 0.0773. The zero-order valence-corrected chi connectivity index (χ0v) is 16.2. The van der Waals surface area contributed by atoms with Crippen molar-refractivity contribution in [3.05, 3.63) is 90.0 Å². The van der Waals surface area contributed by atoms with Crippen molar-refractivity contribution in [1.29, 1.82) is 0 Å². The fourth-order valence-corrected chi connectivity index (χ4v) is 3.04. The van der Waals surface area contributed by atoms with E-state index in [9.17, 15) is 9.59 Å². The van der Waals surface area contributed by atoms with E-state index in [-0.39, 0.29) is 11.8 Å². The average Bonchev–Trinajstić information content (AvgIpc) is 2.76. The first-order valence-corrected chi connectivity index (χ1v) is 9.48. The molecule has 0 saturated heterocycles. The minimum atomic E-state index is -0.178. The van der Waals surface area contributed by atoms with Gasteiger partial charge in [0, 0.05) is 29.9 Å². The van der Waals surface area contributed by atoms with Crippen LogP contribution < -0.4 is 5.32 Å². The number of anilines is 1. The molecule has 0 spiro atoms. The van der Waals surface area contributed by atoms with Crippen LogP contribution in [0.25, 0.3) is 11.1 Å². The number of nitrogens with zero attached hydrogens (tertiary/aromatic N) is 1. The van der Waals surface area contributed by atoms with Gasteiger partial charge in [0.2, 0.25) is 0 Å².